The van der Waals surface area contributed by atoms with Crippen LogP contribution in [-0.2, 0) is 4.79 Å². The number of piperidine rings is 1. The summed E-state index contributed by atoms with van der Waals surface area (Å²) in [5.41, 5.74) is 1.06. The summed E-state index contributed by atoms with van der Waals surface area (Å²) >= 11 is 0. The van der Waals surface area contributed by atoms with Crippen LogP contribution in [0.3, 0.4) is 0 Å². The molecule has 1 N–H and O–H groups in total. The van der Waals surface area contributed by atoms with Crippen molar-refractivity contribution in [2.45, 2.75) is 25.7 Å². The highest BCUT2D eigenvalue weighted by molar-refractivity contribution is 5.66. The molecule has 1 aliphatic rings. The first-order valence-corrected chi connectivity index (χ1v) is 7.22. The Morgan fingerprint density at radius 3 is 2.60 bits per heavy atom. The zero-order valence-corrected chi connectivity index (χ0v) is 11.7. The van der Waals surface area contributed by atoms with Crippen LogP contribution < -0.4 is 0 Å². The van der Waals surface area contributed by atoms with Crippen LogP contribution in [0.1, 0.15) is 31.2 Å². The molecule has 0 aliphatic carbocycles. The fraction of sp³-hybridized carbons (Fsp3) is 0.471. The number of likely N-dealkylation sites (tertiary alicyclic amines) is 1. The third-order valence-corrected chi connectivity index (χ3v) is 3.78. The van der Waals surface area contributed by atoms with Crippen LogP contribution >= 0.6 is 0 Å². The number of carbonyl (C=O) groups is 1. The molecule has 1 aliphatic heterocycles. The van der Waals surface area contributed by atoms with Gasteiger partial charge in [0.1, 0.15) is 0 Å². The first kappa shape index (κ1) is 14.6. The molecule has 0 amide bonds. The van der Waals surface area contributed by atoms with Crippen LogP contribution in [0.25, 0.3) is 0 Å². The van der Waals surface area contributed by atoms with Gasteiger partial charge in [-0.1, -0.05) is 30.0 Å². The highest BCUT2D eigenvalue weighted by atomic mass is 16.4. The molecule has 0 radical (unpaired) electrons. The van der Waals surface area contributed by atoms with Gasteiger partial charge in [0.2, 0.25) is 0 Å². The number of hydrogen-bond acceptors (Lipinski definition) is 2. The predicted octanol–water partition coefficient (Wildman–Crippen LogP) is 2.61. The average Bonchev–Trinajstić information content (AvgIpc) is 2.47. The van der Waals surface area contributed by atoms with Gasteiger partial charge in [0, 0.05) is 12.0 Å². The molecule has 0 spiro atoms. The number of rotatable bonds is 4. The van der Waals surface area contributed by atoms with Crippen molar-refractivity contribution in [1.29, 1.82) is 0 Å². The largest absolute Gasteiger partial charge is 0.481 e. The van der Waals surface area contributed by atoms with E-state index in [1.165, 1.54) is 0 Å². The first-order valence-electron chi connectivity index (χ1n) is 7.22. The van der Waals surface area contributed by atoms with Crippen LogP contribution in [0.5, 0.6) is 0 Å². The summed E-state index contributed by atoms with van der Waals surface area (Å²) in [6.45, 7) is 2.88. The Morgan fingerprint density at radius 1 is 1.25 bits per heavy atom. The fourth-order valence-corrected chi connectivity index (χ4v) is 2.54. The summed E-state index contributed by atoms with van der Waals surface area (Å²) in [6, 6.07) is 10.0. The lowest BCUT2D eigenvalue weighted by Crippen LogP contribution is -2.34. The fourth-order valence-electron chi connectivity index (χ4n) is 2.54. The smallest absolute Gasteiger partial charge is 0.303 e. The van der Waals surface area contributed by atoms with Crippen molar-refractivity contribution in [3.05, 3.63) is 35.9 Å². The lowest BCUT2D eigenvalue weighted by molar-refractivity contribution is -0.137. The number of benzene rings is 1. The molecule has 1 aromatic carbocycles. The minimum Gasteiger partial charge on any atom is -0.481 e. The molecule has 0 unspecified atom stereocenters. The van der Waals surface area contributed by atoms with Gasteiger partial charge in [-0.2, -0.15) is 0 Å². The maximum atomic E-state index is 10.6. The van der Waals surface area contributed by atoms with Gasteiger partial charge in [0.15, 0.2) is 0 Å². The molecule has 3 heteroatoms. The van der Waals surface area contributed by atoms with E-state index < -0.39 is 5.97 Å². The number of carboxylic acids is 1. The monoisotopic (exact) mass is 271 g/mol. The quantitative estimate of drug-likeness (QED) is 0.856. The van der Waals surface area contributed by atoms with E-state index in [0.29, 0.717) is 12.3 Å². The number of aliphatic carboxylic acids is 1. The van der Waals surface area contributed by atoms with Crippen molar-refractivity contribution in [3.8, 4) is 11.8 Å². The normalized spacial score (nSPS) is 16.4. The third-order valence-electron chi connectivity index (χ3n) is 3.78. The SMILES string of the molecule is O=C(O)CCC1CCN(CC#Cc2ccccc2)CC1. The van der Waals surface area contributed by atoms with Gasteiger partial charge < -0.3 is 5.11 Å². The van der Waals surface area contributed by atoms with Crippen molar-refractivity contribution < 1.29 is 9.90 Å². The maximum Gasteiger partial charge on any atom is 0.303 e. The van der Waals surface area contributed by atoms with E-state index in [9.17, 15) is 4.79 Å². The van der Waals surface area contributed by atoms with Gasteiger partial charge in [0.25, 0.3) is 0 Å². The van der Waals surface area contributed by atoms with Crippen LogP contribution in [0, 0.1) is 17.8 Å². The summed E-state index contributed by atoms with van der Waals surface area (Å²) in [5, 5.41) is 8.69. The average molecular weight is 271 g/mol. The van der Waals surface area contributed by atoms with E-state index in [1.807, 2.05) is 30.3 Å². The van der Waals surface area contributed by atoms with Crippen molar-refractivity contribution in [1.82, 2.24) is 4.90 Å². The molecule has 0 atom stereocenters. The Balaban J connectivity index is 1.70. The van der Waals surface area contributed by atoms with Gasteiger partial charge in [-0.15, -0.1) is 0 Å². The third kappa shape index (κ3) is 5.07. The van der Waals surface area contributed by atoms with Crippen LogP contribution in [-0.4, -0.2) is 35.6 Å². The molecule has 1 saturated heterocycles. The van der Waals surface area contributed by atoms with E-state index >= 15 is 0 Å². The van der Waals surface area contributed by atoms with Crippen molar-refractivity contribution in [2.24, 2.45) is 5.92 Å². The Bertz CT molecular complexity index is 479. The number of nitrogens with zero attached hydrogens (tertiary/aromatic N) is 1. The standard InChI is InChI=1S/C17H21NO2/c19-17(20)9-8-16-10-13-18(14-11-16)12-4-7-15-5-2-1-3-6-15/h1-3,5-6,16H,8-14H2,(H,19,20). The highest BCUT2D eigenvalue weighted by Gasteiger charge is 2.18. The summed E-state index contributed by atoms with van der Waals surface area (Å²) in [4.78, 5) is 12.9. The Hall–Kier alpha value is -1.79. The lowest BCUT2D eigenvalue weighted by atomic mass is 9.92. The van der Waals surface area contributed by atoms with Crippen LogP contribution in [0.15, 0.2) is 30.3 Å². The minimum atomic E-state index is -0.679. The van der Waals surface area contributed by atoms with Gasteiger partial charge in [-0.25, -0.2) is 0 Å². The summed E-state index contributed by atoms with van der Waals surface area (Å²) in [6.07, 6.45) is 3.32. The lowest BCUT2D eigenvalue weighted by Gasteiger charge is -2.30. The molecule has 2 rings (SSSR count). The topological polar surface area (TPSA) is 40.5 Å². The number of carboxylic acid groups (broad SMARTS) is 1. The van der Waals surface area contributed by atoms with Gasteiger partial charge in [-0.05, 0) is 50.4 Å². The minimum absolute atomic E-state index is 0.304. The molecular formula is C17H21NO2. The van der Waals surface area contributed by atoms with Gasteiger partial charge in [-0.3, -0.25) is 9.69 Å². The van der Waals surface area contributed by atoms with E-state index in [0.717, 1.165) is 44.5 Å². The van der Waals surface area contributed by atoms with Crippen LogP contribution in [0.2, 0.25) is 0 Å². The van der Waals surface area contributed by atoms with Crippen LogP contribution in [0.4, 0.5) is 0 Å². The van der Waals surface area contributed by atoms with Crippen molar-refractivity contribution >= 4 is 5.97 Å². The second-order valence-corrected chi connectivity index (χ2v) is 5.32. The molecule has 1 fully saturated rings. The molecule has 3 nitrogen and oxygen atoms in total. The highest BCUT2D eigenvalue weighted by Crippen LogP contribution is 2.21. The van der Waals surface area contributed by atoms with E-state index in [-0.39, 0.29) is 0 Å². The Kier molecular flexibility index (Phi) is 5.64. The molecule has 1 heterocycles. The predicted molar refractivity (Wildman–Crippen MR) is 79.4 cm³/mol. The van der Waals surface area contributed by atoms with E-state index in [2.05, 4.69) is 16.7 Å². The molecule has 0 bridgehead atoms. The van der Waals surface area contributed by atoms with E-state index in [1.54, 1.807) is 0 Å². The Labute approximate surface area is 120 Å². The van der Waals surface area contributed by atoms with Crippen molar-refractivity contribution in [3.63, 3.8) is 0 Å². The van der Waals surface area contributed by atoms with Gasteiger partial charge in [0.05, 0.1) is 6.54 Å². The maximum absolute atomic E-state index is 10.6. The molecule has 0 aromatic heterocycles. The first-order chi connectivity index (χ1) is 9.74. The number of hydrogen-bond donors (Lipinski definition) is 1. The second-order valence-electron chi connectivity index (χ2n) is 5.32. The summed E-state index contributed by atoms with van der Waals surface area (Å²) in [5.74, 6) is 6.29. The molecule has 1 aromatic rings. The molecular weight excluding hydrogens is 250 g/mol. The molecule has 0 saturated carbocycles. The Morgan fingerprint density at radius 2 is 1.95 bits per heavy atom. The zero-order valence-electron chi connectivity index (χ0n) is 11.7. The summed E-state index contributed by atoms with van der Waals surface area (Å²) < 4.78 is 0. The van der Waals surface area contributed by atoms with E-state index in [4.69, 9.17) is 5.11 Å². The second kappa shape index (κ2) is 7.72. The molecule has 106 valence electrons. The zero-order chi connectivity index (χ0) is 14.2. The van der Waals surface area contributed by atoms with Crippen molar-refractivity contribution in [2.75, 3.05) is 19.6 Å². The summed E-state index contributed by atoms with van der Waals surface area (Å²) in [7, 11) is 0. The van der Waals surface area contributed by atoms with Gasteiger partial charge >= 0.3 is 5.97 Å². The molecule has 20 heavy (non-hydrogen) atoms.